The third kappa shape index (κ3) is 9.87. The lowest BCUT2D eigenvalue weighted by atomic mass is 9.90. The van der Waals surface area contributed by atoms with Crippen molar-refractivity contribution in [2.24, 2.45) is 0 Å². The fraction of sp³-hybridized carbons (Fsp3) is 0.0952. The van der Waals surface area contributed by atoms with Gasteiger partial charge in [-0.1, -0.05) is 176 Å². The topological polar surface area (TPSA) is 38.7 Å². The van der Waals surface area contributed by atoms with Gasteiger partial charge in [-0.05, 0) is 148 Å². The van der Waals surface area contributed by atoms with Crippen molar-refractivity contribution in [3.05, 3.63) is 258 Å². The predicted molar refractivity (Wildman–Crippen MR) is 275 cm³/mol. The number of pyridine rings is 3. The zero-order valence-corrected chi connectivity index (χ0v) is 36.5. The van der Waals surface area contributed by atoms with Gasteiger partial charge in [0.2, 0.25) is 0 Å². The summed E-state index contributed by atoms with van der Waals surface area (Å²) < 4.78 is 46.6. The van der Waals surface area contributed by atoms with Crippen LogP contribution in [-0.4, -0.2) is 15.0 Å². The molecule has 318 valence electrons. The van der Waals surface area contributed by atoms with Crippen LogP contribution in [0.25, 0.3) is 78.3 Å². The van der Waals surface area contributed by atoms with Crippen LogP contribution in [0.5, 0.6) is 0 Å². The molecule has 0 aliphatic heterocycles. The summed E-state index contributed by atoms with van der Waals surface area (Å²) in [5, 5.41) is 0. The first-order valence-corrected chi connectivity index (χ1v) is 22.5. The maximum Gasteiger partial charge on any atom is 0.0708 e. The molecule has 10 aromatic rings. The molecule has 3 aromatic heterocycles. The van der Waals surface area contributed by atoms with Gasteiger partial charge in [0.15, 0.2) is 0 Å². The van der Waals surface area contributed by atoms with Gasteiger partial charge >= 0.3 is 0 Å². The van der Waals surface area contributed by atoms with Gasteiger partial charge in [0, 0.05) is 43.5 Å². The van der Waals surface area contributed by atoms with Gasteiger partial charge in [-0.15, -0.1) is 0 Å². The van der Waals surface area contributed by atoms with Gasteiger partial charge in [-0.25, -0.2) is 0 Å². The second kappa shape index (κ2) is 19.4. The normalized spacial score (nSPS) is 12.8. The maximum atomic E-state index is 7.85. The molecule has 10 rings (SSSR count). The third-order valence-electron chi connectivity index (χ3n) is 12.3. The molecule has 0 saturated heterocycles. The predicted octanol–water partition coefficient (Wildman–Crippen LogP) is 15.7. The molecule has 0 radical (unpaired) electrons. The van der Waals surface area contributed by atoms with E-state index in [1.54, 1.807) is 30.5 Å². The summed E-state index contributed by atoms with van der Waals surface area (Å²) in [6.45, 7) is -4.38. The first-order chi connectivity index (χ1) is 34.9. The highest BCUT2D eigenvalue weighted by molar-refractivity contribution is 5.85. The van der Waals surface area contributed by atoms with Crippen molar-refractivity contribution < 1.29 is 8.22 Å². The van der Waals surface area contributed by atoms with E-state index in [0.717, 1.165) is 87.1 Å². The van der Waals surface area contributed by atoms with Crippen LogP contribution >= 0.6 is 0 Å². The van der Waals surface area contributed by atoms with Gasteiger partial charge in [0.25, 0.3) is 0 Å². The number of aryl methyl sites for hydroxylation is 6. The highest BCUT2D eigenvalue weighted by atomic mass is 14.7. The van der Waals surface area contributed by atoms with Crippen molar-refractivity contribution in [2.75, 3.05) is 0 Å². The highest BCUT2D eigenvalue weighted by Crippen LogP contribution is 2.36. The zero-order chi connectivity index (χ0) is 49.7. The second-order valence-electron chi connectivity index (χ2n) is 16.8. The molecular formula is C63H51N3. The molecular weight excluding hydrogens is 799 g/mol. The van der Waals surface area contributed by atoms with E-state index in [9.17, 15) is 0 Å². The molecule has 0 atom stereocenters. The van der Waals surface area contributed by atoms with Crippen LogP contribution in [0.2, 0.25) is 0 Å². The molecule has 0 aliphatic rings. The van der Waals surface area contributed by atoms with Crippen molar-refractivity contribution >= 4 is 0 Å². The van der Waals surface area contributed by atoms with E-state index in [1.807, 2.05) is 24.4 Å². The van der Waals surface area contributed by atoms with Crippen LogP contribution in [-0.2, 0) is 25.7 Å². The van der Waals surface area contributed by atoms with Crippen LogP contribution < -0.4 is 0 Å². The molecule has 3 heteroatoms. The summed E-state index contributed by atoms with van der Waals surface area (Å²) >= 11 is 0. The van der Waals surface area contributed by atoms with E-state index in [-0.39, 0.29) is 11.1 Å². The summed E-state index contributed by atoms with van der Waals surface area (Å²) in [5.41, 5.74) is 19.8. The van der Waals surface area contributed by atoms with Crippen LogP contribution in [0.3, 0.4) is 0 Å². The Morgan fingerprint density at radius 3 is 1.39 bits per heavy atom. The average Bonchev–Trinajstić information content (AvgIpc) is 3.42. The SMILES string of the molecule is [2H]C([2H])([2H])c1ccc(-c2ccc(CCc3cc(CCc4ccc(-c5cc(C([2H])([2H])[2H])ccn5)cc4)cc(-c4ccccc4-c4ccc(-c5cc(-c6ccc(-c7ccccc7)cc6)ccn5)cc4)c3)cc2)nc1. The van der Waals surface area contributed by atoms with E-state index in [1.165, 1.54) is 39.6 Å². The molecule has 66 heavy (non-hydrogen) atoms. The molecule has 0 spiro atoms. The average molecular weight is 856 g/mol. The number of hydrogen-bond donors (Lipinski definition) is 0. The van der Waals surface area contributed by atoms with Crippen LogP contribution in [0.4, 0.5) is 0 Å². The molecule has 3 nitrogen and oxygen atoms in total. The van der Waals surface area contributed by atoms with Crippen molar-refractivity contribution in [2.45, 2.75) is 39.4 Å². The summed E-state index contributed by atoms with van der Waals surface area (Å²) in [4.78, 5) is 13.7. The Kier molecular flexibility index (Phi) is 10.4. The van der Waals surface area contributed by atoms with Gasteiger partial charge in [0.1, 0.15) is 0 Å². The lowest BCUT2D eigenvalue weighted by Gasteiger charge is -2.15. The lowest BCUT2D eigenvalue weighted by molar-refractivity contribution is 0.931. The minimum Gasteiger partial charge on any atom is -0.256 e. The van der Waals surface area contributed by atoms with Crippen molar-refractivity contribution in [3.63, 3.8) is 0 Å². The summed E-state index contributed by atoms with van der Waals surface area (Å²) in [5.74, 6) is 0. The minimum absolute atomic E-state index is 0.230. The van der Waals surface area contributed by atoms with Crippen molar-refractivity contribution in [1.82, 2.24) is 15.0 Å². The Bertz CT molecular complexity index is 3440. The smallest absolute Gasteiger partial charge is 0.0708 e. The Morgan fingerprint density at radius 2 is 0.788 bits per heavy atom. The molecule has 0 amide bonds. The first-order valence-electron chi connectivity index (χ1n) is 25.5. The molecule has 3 heterocycles. The fourth-order valence-electron chi connectivity index (χ4n) is 8.68. The Morgan fingerprint density at radius 1 is 0.303 bits per heavy atom. The number of hydrogen-bond acceptors (Lipinski definition) is 3. The van der Waals surface area contributed by atoms with Gasteiger partial charge < -0.3 is 0 Å². The standard InChI is InChI=1S/C63H51N3/c1-44-34-36-64-62(38-44)55-23-19-47(20-24-55)14-16-49-39-48(15-13-46-17-21-54(22-18-46)61-33-12-45(2)43-66-61)40-58(41-49)60-11-7-6-10-59(60)53-29-31-56(32-30-53)63-42-57(35-37-65-63)52-27-25-51(26-28-52)50-8-4-3-5-9-50/h3-12,17-43H,13-16H2,1-2H3/i1D3,2D3. The van der Waals surface area contributed by atoms with Crippen molar-refractivity contribution in [1.29, 1.82) is 0 Å². The van der Waals surface area contributed by atoms with E-state index < -0.39 is 13.7 Å². The molecule has 7 aromatic carbocycles. The molecule has 0 aliphatic carbocycles. The number of rotatable bonds is 13. The Balaban J connectivity index is 0.904. The van der Waals surface area contributed by atoms with E-state index in [4.69, 9.17) is 13.2 Å². The summed E-state index contributed by atoms with van der Waals surface area (Å²) in [6.07, 6.45) is 8.21. The van der Waals surface area contributed by atoms with Gasteiger partial charge in [-0.2, -0.15) is 0 Å². The second-order valence-corrected chi connectivity index (χ2v) is 16.8. The maximum absolute atomic E-state index is 7.85. The number of benzene rings is 7. The monoisotopic (exact) mass is 855 g/mol. The number of aromatic nitrogens is 3. The first kappa shape index (κ1) is 35.4. The van der Waals surface area contributed by atoms with Crippen LogP contribution in [0, 0.1) is 13.7 Å². The van der Waals surface area contributed by atoms with E-state index in [0.29, 0.717) is 5.69 Å². The zero-order valence-electron chi connectivity index (χ0n) is 42.5. The van der Waals surface area contributed by atoms with Crippen molar-refractivity contribution in [3.8, 4) is 78.3 Å². The van der Waals surface area contributed by atoms with E-state index in [2.05, 4.69) is 174 Å². The molecule has 0 unspecified atom stereocenters. The van der Waals surface area contributed by atoms with Gasteiger partial charge in [-0.3, -0.25) is 15.0 Å². The van der Waals surface area contributed by atoms with Gasteiger partial charge in [0.05, 0.1) is 17.1 Å². The third-order valence-corrected chi connectivity index (χ3v) is 12.3. The Labute approximate surface area is 397 Å². The largest absolute Gasteiger partial charge is 0.256 e. The lowest BCUT2D eigenvalue weighted by Crippen LogP contribution is -1.98. The summed E-state index contributed by atoms with van der Waals surface area (Å²) in [7, 11) is 0. The molecule has 0 N–H and O–H groups in total. The van der Waals surface area contributed by atoms with E-state index >= 15 is 0 Å². The van der Waals surface area contributed by atoms with Crippen LogP contribution in [0.15, 0.2) is 225 Å². The Hall–Kier alpha value is -8.01. The number of nitrogens with zero attached hydrogens (tertiary/aromatic N) is 3. The fourth-order valence-corrected chi connectivity index (χ4v) is 8.68. The van der Waals surface area contributed by atoms with Crippen LogP contribution in [0.1, 0.15) is 41.6 Å². The minimum atomic E-state index is -2.19. The molecule has 0 saturated carbocycles. The molecule has 0 bridgehead atoms. The summed E-state index contributed by atoms with van der Waals surface area (Å²) in [6, 6.07) is 70.9. The molecule has 0 fully saturated rings. The highest BCUT2D eigenvalue weighted by Gasteiger charge is 2.13. The quantitative estimate of drug-likeness (QED) is 0.116.